The SMILES string of the molecule is COc1ccc(Cl)cc1CN1CC2(CCCC2)NCC1C. The molecule has 1 aromatic rings. The van der Waals surface area contributed by atoms with E-state index in [1.807, 2.05) is 18.2 Å². The van der Waals surface area contributed by atoms with Crippen molar-refractivity contribution >= 4 is 11.6 Å². The van der Waals surface area contributed by atoms with Gasteiger partial charge < -0.3 is 10.1 Å². The van der Waals surface area contributed by atoms with E-state index in [1.54, 1.807) is 7.11 Å². The highest BCUT2D eigenvalue weighted by molar-refractivity contribution is 6.30. The molecule has 1 spiro atoms. The van der Waals surface area contributed by atoms with Crippen molar-refractivity contribution in [2.45, 2.75) is 50.7 Å². The van der Waals surface area contributed by atoms with E-state index in [0.29, 0.717) is 11.6 Å². The second kappa shape index (κ2) is 6.15. The number of ether oxygens (including phenoxy) is 1. The van der Waals surface area contributed by atoms with Crippen molar-refractivity contribution < 1.29 is 4.74 Å². The number of piperazine rings is 1. The summed E-state index contributed by atoms with van der Waals surface area (Å²) in [5.41, 5.74) is 1.53. The predicted octanol–water partition coefficient (Wildman–Crippen LogP) is 3.46. The molecule has 1 N–H and O–H groups in total. The van der Waals surface area contributed by atoms with Gasteiger partial charge in [0.1, 0.15) is 5.75 Å². The largest absolute Gasteiger partial charge is 0.496 e. The third kappa shape index (κ3) is 3.20. The van der Waals surface area contributed by atoms with Crippen LogP contribution < -0.4 is 10.1 Å². The summed E-state index contributed by atoms with van der Waals surface area (Å²) < 4.78 is 5.49. The Morgan fingerprint density at radius 3 is 2.86 bits per heavy atom. The van der Waals surface area contributed by atoms with Crippen LogP contribution in [-0.2, 0) is 6.54 Å². The van der Waals surface area contributed by atoms with Gasteiger partial charge in [-0.2, -0.15) is 0 Å². The first kappa shape index (κ1) is 15.1. The lowest BCUT2D eigenvalue weighted by Gasteiger charge is -2.45. The van der Waals surface area contributed by atoms with E-state index in [2.05, 4.69) is 17.1 Å². The van der Waals surface area contributed by atoms with Gasteiger partial charge in [-0.15, -0.1) is 0 Å². The molecule has 3 rings (SSSR count). The minimum absolute atomic E-state index is 0.346. The van der Waals surface area contributed by atoms with E-state index >= 15 is 0 Å². The van der Waals surface area contributed by atoms with E-state index in [0.717, 1.165) is 30.4 Å². The van der Waals surface area contributed by atoms with Gasteiger partial charge in [0.2, 0.25) is 0 Å². The van der Waals surface area contributed by atoms with Crippen LogP contribution in [0, 0.1) is 0 Å². The van der Waals surface area contributed by atoms with Crippen LogP contribution in [-0.4, -0.2) is 36.7 Å². The van der Waals surface area contributed by atoms with Crippen LogP contribution in [0.25, 0.3) is 0 Å². The average molecular weight is 309 g/mol. The normalized spacial score (nSPS) is 25.4. The first-order valence-electron chi connectivity index (χ1n) is 7.93. The molecule has 0 radical (unpaired) electrons. The fourth-order valence-corrected chi connectivity index (χ4v) is 3.98. The summed E-state index contributed by atoms with van der Waals surface area (Å²) in [7, 11) is 1.73. The summed E-state index contributed by atoms with van der Waals surface area (Å²) in [6, 6.07) is 6.44. The summed E-state index contributed by atoms with van der Waals surface area (Å²) in [6.07, 6.45) is 5.33. The van der Waals surface area contributed by atoms with Crippen LogP contribution >= 0.6 is 11.6 Å². The summed E-state index contributed by atoms with van der Waals surface area (Å²) in [6.45, 7) is 5.41. The number of benzene rings is 1. The van der Waals surface area contributed by atoms with E-state index in [9.17, 15) is 0 Å². The van der Waals surface area contributed by atoms with E-state index in [1.165, 1.54) is 31.2 Å². The zero-order chi connectivity index (χ0) is 14.9. The molecule has 1 saturated heterocycles. The van der Waals surface area contributed by atoms with Gasteiger partial charge in [0.15, 0.2) is 0 Å². The highest BCUT2D eigenvalue weighted by atomic mass is 35.5. The Balaban J connectivity index is 1.77. The lowest BCUT2D eigenvalue weighted by atomic mass is 9.92. The summed E-state index contributed by atoms with van der Waals surface area (Å²) >= 11 is 6.16. The topological polar surface area (TPSA) is 24.5 Å². The van der Waals surface area contributed by atoms with Gasteiger partial charge in [0.25, 0.3) is 0 Å². The Labute approximate surface area is 132 Å². The molecule has 0 amide bonds. The number of methoxy groups -OCH3 is 1. The molecule has 0 bridgehead atoms. The number of hydrogen-bond acceptors (Lipinski definition) is 3. The van der Waals surface area contributed by atoms with Crippen molar-refractivity contribution in [1.29, 1.82) is 0 Å². The van der Waals surface area contributed by atoms with E-state index in [4.69, 9.17) is 16.3 Å². The average Bonchev–Trinajstić information content (AvgIpc) is 2.92. The highest BCUT2D eigenvalue weighted by Gasteiger charge is 2.39. The minimum Gasteiger partial charge on any atom is -0.496 e. The number of rotatable bonds is 3. The molecule has 1 saturated carbocycles. The van der Waals surface area contributed by atoms with Crippen molar-refractivity contribution in [2.24, 2.45) is 0 Å². The third-order valence-electron chi connectivity index (χ3n) is 5.08. The predicted molar refractivity (Wildman–Crippen MR) is 87.1 cm³/mol. The molecule has 2 aliphatic rings. The molecule has 116 valence electrons. The molecular weight excluding hydrogens is 284 g/mol. The molecule has 1 atom stereocenters. The van der Waals surface area contributed by atoms with Crippen molar-refractivity contribution in [2.75, 3.05) is 20.2 Å². The fourth-order valence-electron chi connectivity index (χ4n) is 3.78. The van der Waals surface area contributed by atoms with Crippen molar-refractivity contribution in [1.82, 2.24) is 10.2 Å². The molecule has 3 nitrogen and oxygen atoms in total. The molecular formula is C17H25ClN2O. The Bertz CT molecular complexity index is 500. The highest BCUT2D eigenvalue weighted by Crippen LogP contribution is 2.34. The fraction of sp³-hybridized carbons (Fsp3) is 0.647. The molecule has 21 heavy (non-hydrogen) atoms. The van der Waals surface area contributed by atoms with E-state index in [-0.39, 0.29) is 0 Å². The molecule has 1 aromatic carbocycles. The van der Waals surface area contributed by atoms with Gasteiger partial charge in [-0.3, -0.25) is 4.90 Å². The second-order valence-corrected chi connectivity index (χ2v) is 7.01. The van der Waals surface area contributed by atoms with Gasteiger partial charge in [-0.25, -0.2) is 0 Å². The quantitative estimate of drug-likeness (QED) is 0.925. The third-order valence-corrected chi connectivity index (χ3v) is 5.31. The maximum atomic E-state index is 6.16. The zero-order valence-corrected chi connectivity index (χ0v) is 13.7. The van der Waals surface area contributed by atoms with Gasteiger partial charge >= 0.3 is 0 Å². The van der Waals surface area contributed by atoms with E-state index < -0.39 is 0 Å². The van der Waals surface area contributed by atoms with Crippen LogP contribution in [0.15, 0.2) is 18.2 Å². The Hall–Kier alpha value is -0.770. The molecule has 1 unspecified atom stereocenters. The summed E-state index contributed by atoms with van der Waals surface area (Å²) in [4.78, 5) is 2.58. The minimum atomic E-state index is 0.346. The molecule has 2 fully saturated rings. The zero-order valence-electron chi connectivity index (χ0n) is 13.0. The van der Waals surface area contributed by atoms with Gasteiger partial charge in [-0.05, 0) is 38.0 Å². The van der Waals surface area contributed by atoms with Crippen molar-refractivity contribution in [3.63, 3.8) is 0 Å². The van der Waals surface area contributed by atoms with Crippen LogP contribution in [0.1, 0.15) is 38.2 Å². The molecule has 1 aliphatic heterocycles. The molecule has 1 aliphatic carbocycles. The summed E-state index contributed by atoms with van der Waals surface area (Å²) in [5, 5.41) is 4.58. The summed E-state index contributed by atoms with van der Waals surface area (Å²) in [5.74, 6) is 0.936. The lowest BCUT2D eigenvalue weighted by Crippen LogP contribution is -2.62. The van der Waals surface area contributed by atoms with Crippen LogP contribution in [0.4, 0.5) is 0 Å². The van der Waals surface area contributed by atoms with Gasteiger partial charge in [0.05, 0.1) is 7.11 Å². The Morgan fingerprint density at radius 2 is 2.14 bits per heavy atom. The molecule has 1 heterocycles. The first-order valence-corrected chi connectivity index (χ1v) is 8.31. The monoisotopic (exact) mass is 308 g/mol. The standard InChI is InChI=1S/C17H25ClN2O/c1-13-10-19-17(7-3-4-8-17)12-20(13)11-14-9-15(18)5-6-16(14)21-2/h5-6,9,13,19H,3-4,7-8,10-12H2,1-2H3. The second-order valence-electron chi connectivity index (χ2n) is 6.58. The van der Waals surface area contributed by atoms with Crippen molar-refractivity contribution in [3.8, 4) is 5.75 Å². The molecule has 4 heteroatoms. The Morgan fingerprint density at radius 1 is 1.38 bits per heavy atom. The van der Waals surface area contributed by atoms with Gasteiger partial charge in [0, 0.05) is 41.8 Å². The maximum absolute atomic E-state index is 6.16. The smallest absolute Gasteiger partial charge is 0.123 e. The first-order chi connectivity index (χ1) is 10.1. The number of halogens is 1. The molecule has 0 aromatic heterocycles. The lowest BCUT2D eigenvalue weighted by molar-refractivity contribution is 0.0819. The van der Waals surface area contributed by atoms with Gasteiger partial charge in [-0.1, -0.05) is 24.4 Å². The Kier molecular flexibility index (Phi) is 4.43. The number of hydrogen-bond donors (Lipinski definition) is 1. The maximum Gasteiger partial charge on any atom is 0.123 e. The number of nitrogens with zero attached hydrogens (tertiary/aromatic N) is 1. The van der Waals surface area contributed by atoms with Crippen LogP contribution in [0.3, 0.4) is 0 Å². The number of nitrogens with one attached hydrogen (secondary N) is 1. The van der Waals surface area contributed by atoms with Crippen molar-refractivity contribution in [3.05, 3.63) is 28.8 Å². The van der Waals surface area contributed by atoms with Crippen LogP contribution in [0.2, 0.25) is 5.02 Å². The van der Waals surface area contributed by atoms with Crippen LogP contribution in [0.5, 0.6) is 5.75 Å².